The van der Waals surface area contributed by atoms with Gasteiger partial charge in [0.1, 0.15) is 6.33 Å². The zero-order valence-corrected chi connectivity index (χ0v) is 14.2. The number of carbonyl (C=O) groups excluding carboxylic acids is 1. The summed E-state index contributed by atoms with van der Waals surface area (Å²) in [5, 5.41) is 0.867. The van der Waals surface area contributed by atoms with Gasteiger partial charge in [0, 0.05) is 17.3 Å². The van der Waals surface area contributed by atoms with E-state index in [0.717, 1.165) is 5.06 Å². The van der Waals surface area contributed by atoms with E-state index >= 15 is 0 Å². The molecule has 0 saturated heterocycles. The molecule has 12 heteroatoms. The zero-order chi connectivity index (χ0) is 18.0. The highest BCUT2D eigenvalue weighted by atomic mass is 35.5. The van der Waals surface area contributed by atoms with Gasteiger partial charge in [-0.1, -0.05) is 5.16 Å². The number of nitrogens with zero attached hydrogens (tertiary/aromatic N) is 5. The Bertz CT molecular complexity index is 861. The third-order valence-corrected chi connectivity index (χ3v) is 4.24. The maximum absolute atomic E-state index is 12.9. The van der Waals surface area contributed by atoms with Gasteiger partial charge in [-0.15, -0.1) is 11.3 Å². The van der Waals surface area contributed by atoms with Crippen LogP contribution in [-0.4, -0.2) is 37.9 Å². The first kappa shape index (κ1) is 17.5. The highest BCUT2D eigenvalue weighted by molar-refractivity contribution is 7.15. The Hall–Kier alpha value is -2.37. The fourth-order valence-corrected chi connectivity index (χ4v) is 2.86. The van der Waals surface area contributed by atoms with Crippen molar-refractivity contribution in [1.29, 1.82) is 0 Å². The van der Waals surface area contributed by atoms with Crippen LogP contribution < -0.4 is 0 Å². The third-order valence-electron chi connectivity index (χ3n) is 3.01. The molecule has 3 rings (SSSR count). The Morgan fingerprint density at radius 1 is 1.52 bits per heavy atom. The van der Waals surface area contributed by atoms with Crippen LogP contribution in [0, 0.1) is 0 Å². The number of carbonyl (C=O) groups is 1. The molecule has 132 valence electrons. The van der Waals surface area contributed by atoms with Crippen LogP contribution >= 0.6 is 22.9 Å². The highest BCUT2D eigenvalue weighted by Gasteiger charge is 2.35. The Balaban J connectivity index is 1.75. The van der Waals surface area contributed by atoms with Crippen LogP contribution in [0.15, 0.2) is 35.4 Å². The van der Waals surface area contributed by atoms with Crippen molar-refractivity contribution in [2.75, 3.05) is 7.11 Å². The molecule has 8 nitrogen and oxygen atoms in total. The molecule has 0 radical (unpaired) electrons. The Morgan fingerprint density at radius 2 is 2.32 bits per heavy atom. The number of hydroxylamine groups is 2. The predicted molar refractivity (Wildman–Crippen MR) is 82.9 cm³/mol. The molecule has 3 heterocycles. The summed E-state index contributed by atoms with van der Waals surface area (Å²) in [6.45, 7) is 0.133. The molecule has 0 saturated carbocycles. The van der Waals surface area contributed by atoms with Gasteiger partial charge in [-0.25, -0.2) is 9.78 Å². The molecule has 0 spiro atoms. The summed E-state index contributed by atoms with van der Waals surface area (Å²) in [5.41, 5.74) is 0. The first-order chi connectivity index (χ1) is 11.9. The monoisotopic (exact) mass is 389 g/mol. The van der Waals surface area contributed by atoms with E-state index in [1.54, 1.807) is 12.1 Å². The van der Waals surface area contributed by atoms with E-state index in [1.807, 2.05) is 0 Å². The number of halogens is 3. The molecular weight excluding hydrogens is 380 g/mol. The van der Waals surface area contributed by atoms with Crippen LogP contribution in [0.5, 0.6) is 0 Å². The SMILES string of the molecule is CON(Cc1ccc(-c2noc(C(F)(F)Cl)n2)s1)C(=O)n1ccnc1. The Kier molecular flexibility index (Phi) is 4.79. The lowest BCUT2D eigenvalue weighted by molar-refractivity contribution is -0.0922. The van der Waals surface area contributed by atoms with Gasteiger partial charge in [0.2, 0.25) is 5.82 Å². The quantitative estimate of drug-likeness (QED) is 0.491. The molecule has 1 amide bonds. The maximum Gasteiger partial charge on any atom is 0.400 e. The number of amides is 1. The number of rotatable bonds is 5. The molecule has 0 aliphatic carbocycles. The van der Waals surface area contributed by atoms with Crippen LogP contribution in [0.2, 0.25) is 0 Å². The van der Waals surface area contributed by atoms with Crippen molar-refractivity contribution in [3.63, 3.8) is 0 Å². The first-order valence-electron chi connectivity index (χ1n) is 6.72. The summed E-state index contributed by atoms with van der Waals surface area (Å²) in [5.74, 6) is -0.996. The van der Waals surface area contributed by atoms with E-state index in [9.17, 15) is 13.6 Å². The predicted octanol–water partition coefficient (Wildman–Crippen LogP) is 3.31. The smallest absolute Gasteiger partial charge is 0.331 e. The Labute approximate surface area is 148 Å². The molecular formula is C13H10ClF2N5O3S. The van der Waals surface area contributed by atoms with Crippen molar-refractivity contribution in [2.45, 2.75) is 11.9 Å². The third kappa shape index (κ3) is 3.83. The second-order valence-corrected chi connectivity index (χ2v) is 6.30. The van der Waals surface area contributed by atoms with E-state index < -0.39 is 17.3 Å². The van der Waals surface area contributed by atoms with Crippen molar-refractivity contribution in [1.82, 2.24) is 24.8 Å². The van der Waals surface area contributed by atoms with Gasteiger partial charge in [0.05, 0.1) is 18.5 Å². The number of alkyl halides is 3. The minimum Gasteiger partial charge on any atom is -0.331 e. The van der Waals surface area contributed by atoms with Crippen molar-refractivity contribution in [3.05, 3.63) is 41.6 Å². The van der Waals surface area contributed by atoms with Crippen molar-refractivity contribution in [2.24, 2.45) is 0 Å². The van der Waals surface area contributed by atoms with Crippen molar-refractivity contribution >= 4 is 29.0 Å². The first-order valence-corrected chi connectivity index (χ1v) is 7.92. The number of hydrogen-bond donors (Lipinski definition) is 0. The topological polar surface area (TPSA) is 86.3 Å². The molecule has 0 unspecified atom stereocenters. The van der Waals surface area contributed by atoms with E-state index in [2.05, 4.69) is 19.6 Å². The van der Waals surface area contributed by atoms with Gasteiger partial charge in [0.15, 0.2) is 0 Å². The molecule has 0 fully saturated rings. The minimum atomic E-state index is -3.73. The normalized spacial score (nSPS) is 11.7. The van der Waals surface area contributed by atoms with Crippen LogP contribution in [0.25, 0.3) is 10.7 Å². The summed E-state index contributed by atoms with van der Waals surface area (Å²) in [6.07, 6.45) is 4.30. The molecule has 0 aromatic carbocycles. The fraction of sp³-hybridized carbons (Fsp3) is 0.231. The van der Waals surface area contributed by atoms with E-state index in [0.29, 0.717) is 9.75 Å². The maximum atomic E-state index is 12.9. The second kappa shape index (κ2) is 6.86. The second-order valence-electron chi connectivity index (χ2n) is 4.66. The van der Waals surface area contributed by atoms with E-state index in [4.69, 9.17) is 16.4 Å². The van der Waals surface area contributed by atoms with Gasteiger partial charge in [0.25, 0.3) is 0 Å². The number of imidazole rings is 1. The fourth-order valence-electron chi connectivity index (χ4n) is 1.87. The van der Waals surface area contributed by atoms with Crippen LogP contribution in [0.1, 0.15) is 10.8 Å². The molecule has 3 aromatic heterocycles. The van der Waals surface area contributed by atoms with Crippen molar-refractivity contribution < 1.29 is 22.9 Å². The van der Waals surface area contributed by atoms with Gasteiger partial charge in [-0.3, -0.25) is 9.40 Å². The molecule has 0 N–H and O–H groups in total. The van der Waals surface area contributed by atoms with E-state index in [1.165, 1.54) is 41.7 Å². The minimum absolute atomic E-state index is 0.0172. The summed E-state index contributed by atoms with van der Waals surface area (Å²) in [4.78, 5) is 25.9. The van der Waals surface area contributed by atoms with Gasteiger partial charge >= 0.3 is 17.3 Å². The summed E-state index contributed by atoms with van der Waals surface area (Å²) in [7, 11) is 1.36. The summed E-state index contributed by atoms with van der Waals surface area (Å²) < 4.78 is 31.6. The molecule has 25 heavy (non-hydrogen) atoms. The molecule has 0 atom stereocenters. The largest absolute Gasteiger partial charge is 0.400 e. The molecule has 0 bridgehead atoms. The van der Waals surface area contributed by atoms with Crippen LogP contribution in [-0.2, 0) is 16.8 Å². The number of aromatic nitrogens is 4. The standard InChI is InChI=1S/C13H10ClF2N5O3S/c1-23-21(12(22)20-5-4-17-7-20)6-8-2-3-9(25-8)10-18-11(24-19-10)13(14,15)16/h2-5,7H,6H2,1H3. The zero-order valence-electron chi connectivity index (χ0n) is 12.6. The summed E-state index contributed by atoms with van der Waals surface area (Å²) >= 11 is 6.04. The lowest BCUT2D eigenvalue weighted by atomic mass is 10.4. The van der Waals surface area contributed by atoms with Crippen LogP contribution in [0.4, 0.5) is 13.6 Å². The van der Waals surface area contributed by atoms with Crippen LogP contribution in [0.3, 0.4) is 0 Å². The van der Waals surface area contributed by atoms with Gasteiger partial charge in [-0.2, -0.15) is 18.8 Å². The lowest BCUT2D eigenvalue weighted by Gasteiger charge is -2.18. The number of hydrogen-bond acceptors (Lipinski definition) is 7. The summed E-state index contributed by atoms with van der Waals surface area (Å²) in [6, 6.07) is 2.89. The van der Waals surface area contributed by atoms with Gasteiger partial charge in [-0.05, 0) is 23.7 Å². The number of thiophene rings is 1. The van der Waals surface area contributed by atoms with E-state index in [-0.39, 0.29) is 12.4 Å². The Morgan fingerprint density at radius 3 is 2.92 bits per heavy atom. The average Bonchev–Trinajstić information content (AvgIpc) is 3.32. The molecule has 0 aliphatic heterocycles. The van der Waals surface area contributed by atoms with Crippen molar-refractivity contribution in [3.8, 4) is 10.7 Å². The highest BCUT2D eigenvalue weighted by Crippen LogP contribution is 2.33. The molecule has 3 aromatic rings. The molecule has 0 aliphatic rings. The van der Waals surface area contributed by atoms with Gasteiger partial charge < -0.3 is 4.52 Å². The average molecular weight is 390 g/mol. The lowest BCUT2D eigenvalue weighted by Crippen LogP contribution is -2.32.